The molecule has 2 heterocycles. The van der Waals surface area contributed by atoms with Gasteiger partial charge in [0, 0.05) is 23.5 Å². The third kappa shape index (κ3) is 5.77. The quantitative estimate of drug-likeness (QED) is 0.444. The van der Waals surface area contributed by atoms with Crippen molar-refractivity contribution in [2.24, 2.45) is 5.10 Å². The first-order valence-electron chi connectivity index (χ1n) is 8.72. The number of nitrogens with one attached hydrogen (secondary N) is 3. The van der Waals surface area contributed by atoms with Gasteiger partial charge in [0.2, 0.25) is 0 Å². The lowest BCUT2D eigenvalue weighted by atomic mass is 10.2. The normalized spacial score (nSPS) is 20.5. The zero-order chi connectivity index (χ0) is 17.3. The highest BCUT2D eigenvalue weighted by Gasteiger charge is 2.24. The van der Waals surface area contributed by atoms with Crippen LogP contribution >= 0.6 is 0 Å². The number of quaternary nitrogens is 2. The number of carbonyl (C=O) groups excluding carboxylic acids is 1. The molecule has 1 aromatic heterocycles. The van der Waals surface area contributed by atoms with E-state index in [9.17, 15) is 4.79 Å². The Morgan fingerprint density at radius 3 is 2.56 bits per heavy atom. The minimum Gasteiger partial charge on any atom is -0.322 e. The van der Waals surface area contributed by atoms with Gasteiger partial charge in [-0.3, -0.25) is 9.78 Å². The maximum atomic E-state index is 12.0. The van der Waals surface area contributed by atoms with Crippen LogP contribution in [0.2, 0.25) is 0 Å². The summed E-state index contributed by atoms with van der Waals surface area (Å²) in [4.78, 5) is 18.9. The lowest BCUT2D eigenvalue weighted by Crippen LogP contribution is -3.28. The van der Waals surface area contributed by atoms with Crippen LogP contribution in [0.15, 0.2) is 60.0 Å². The van der Waals surface area contributed by atoms with E-state index in [-0.39, 0.29) is 5.91 Å². The molecular weight excluding hydrogens is 314 g/mol. The highest BCUT2D eigenvalue weighted by Crippen LogP contribution is 1.95. The Kier molecular flexibility index (Phi) is 6.25. The molecule has 0 spiro atoms. The van der Waals surface area contributed by atoms with E-state index < -0.39 is 0 Å². The van der Waals surface area contributed by atoms with Gasteiger partial charge in [-0.2, -0.15) is 5.10 Å². The number of piperazine rings is 1. The maximum Gasteiger partial charge on any atom is 0.295 e. The van der Waals surface area contributed by atoms with E-state index in [1.54, 1.807) is 23.5 Å². The Morgan fingerprint density at radius 2 is 1.84 bits per heavy atom. The average molecular weight is 339 g/mol. The van der Waals surface area contributed by atoms with Gasteiger partial charge in [0.1, 0.15) is 32.7 Å². The van der Waals surface area contributed by atoms with Crippen molar-refractivity contribution in [2.45, 2.75) is 6.54 Å². The first-order chi connectivity index (χ1) is 12.3. The van der Waals surface area contributed by atoms with Crippen molar-refractivity contribution in [3.05, 3.63) is 66.0 Å². The predicted molar refractivity (Wildman–Crippen MR) is 96.4 cm³/mol. The van der Waals surface area contributed by atoms with Crippen LogP contribution in [0.4, 0.5) is 0 Å². The standard InChI is InChI=1S/C19H23N5O/c25-19(22-21-14-18-7-4-8-20-13-18)16-24-11-9-23(10-12-24)15-17-5-2-1-3-6-17/h1-8,13-14H,9-12,15-16H2,(H,22,25)/p+2. The van der Waals surface area contributed by atoms with E-state index in [0.29, 0.717) is 6.54 Å². The van der Waals surface area contributed by atoms with Crippen LogP contribution in [0.5, 0.6) is 0 Å². The number of hydrogen-bond acceptors (Lipinski definition) is 3. The minimum atomic E-state index is -0.0401. The van der Waals surface area contributed by atoms with Crippen LogP contribution in [-0.4, -0.2) is 49.8 Å². The number of aromatic nitrogens is 1. The molecule has 1 aliphatic rings. The fraction of sp³-hybridized carbons (Fsp3) is 0.316. The lowest BCUT2D eigenvalue weighted by molar-refractivity contribution is -1.02. The number of carbonyl (C=O) groups is 1. The molecular formula is C19H25N5O+2. The number of hydrogen-bond donors (Lipinski definition) is 3. The number of rotatable bonds is 6. The van der Waals surface area contributed by atoms with Crippen LogP contribution in [0, 0.1) is 0 Å². The van der Waals surface area contributed by atoms with E-state index in [4.69, 9.17) is 0 Å². The highest BCUT2D eigenvalue weighted by molar-refractivity contribution is 5.82. The van der Waals surface area contributed by atoms with Gasteiger partial charge < -0.3 is 9.80 Å². The number of pyridine rings is 1. The molecule has 0 unspecified atom stereocenters. The Labute approximate surface area is 148 Å². The molecule has 0 radical (unpaired) electrons. The molecule has 1 saturated heterocycles. The van der Waals surface area contributed by atoms with Crippen molar-refractivity contribution in [1.82, 2.24) is 10.4 Å². The molecule has 0 saturated carbocycles. The van der Waals surface area contributed by atoms with Gasteiger partial charge in [-0.15, -0.1) is 0 Å². The molecule has 1 aliphatic heterocycles. The molecule has 6 nitrogen and oxygen atoms in total. The van der Waals surface area contributed by atoms with Crippen molar-refractivity contribution < 1.29 is 14.6 Å². The topological polar surface area (TPSA) is 63.2 Å². The Balaban J connectivity index is 1.37. The van der Waals surface area contributed by atoms with E-state index in [1.807, 2.05) is 12.1 Å². The summed E-state index contributed by atoms with van der Waals surface area (Å²) in [6.45, 7) is 5.76. The second-order valence-corrected chi connectivity index (χ2v) is 6.42. The Hall–Kier alpha value is -2.57. The van der Waals surface area contributed by atoms with E-state index in [1.165, 1.54) is 10.5 Å². The van der Waals surface area contributed by atoms with Crippen molar-refractivity contribution in [3.8, 4) is 0 Å². The molecule has 6 heteroatoms. The third-order valence-electron chi connectivity index (χ3n) is 4.46. The van der Waals surface area contributed by atoms with Crippen LogP contribution in [0.3, 0.4) is 0 Å². The molecule has 3 rings (SSSR count). The molecule has 1 amide bonds. The zero-order valence-electron chi connectivity index (χ0n) is 14.3. The van der Waals surface area contributed by atoms with Crippen molar-refractivity contribution in [1.29, 1.82) is 0 Å². The van der Waals surface area contributed by atoms with Gasteiger partial charge in [0.25, 0.3) is 5.91 Å². The summed E-state index contributed by atoms with van der Waals surface area (Å²) in [6, 6.07) is 14.3. The summed E-state index contributed by atoms with van der Waals surface area (Å²) in [5.74, 6) is -0.0401. The molecule has 0 bridgehead atoms. The van der Waals surface area contributed by atoms with Crippen molar-refractivity contribution in [2.75, 3.05) is 32.7 Å². The number of amides is 1. The van der Waals surface area contributed by atoms with Gasteiger partial charge in [-0.25, -0.2) is 5.43 Å². The summed E-state index contributed by atoms with van der Waals surface area (Å²) >= 11 is 0. The monoisotopic (exact) mass is 339 g/mol. The van der Waals surface area contributed by atoms with E-state index in [2.05, 4.69) is 45.8 Å². The first-order valence-corrected chi connectivity index (χ1v) is 8.72. The third-order valence-corrected chi connectivity index (χ3v) is 4.46. The molecule has 0 atom stereocenters. The molecule has 0 aliphatic carbocycles. The SMILES string of the molecule is O=C(C[NH+]1CC[NH+](Cc2ccccc2)CC1)NN=Cc1cccnc1. The predicted octanol–water partition coefficient (Wildman–Crippen LogP) is -1.48. The summed E-state index contributed by atoms with van der Waals surface area (Å²) in [5.41, 5.74) is 4.85. The van der Waals surface area contributed by atoms with Crippen LogP contribution in [-0.2, 0) is 11.3 Å². The van der Waals surface area contributed by atoms with Gasteiger partial charge in [-0.1, -0.05) is 36.4 Å². The fourth-order valence-corrected chi connectivity index (χ4v) is 3.09. The molecule has 3 N–H and O–H groups in total. The second-order valence-electron chi connectivity index (χ2n) is 6.42. The number of benzene rings is 1. The highest BCUT2D eigenvalue weighted by atomic mass is 16.2. The summed E-state index contributed by atoms with van der Waals surface area (Å²) in [6.07, 6.45) is 5.02. The Morgan fingerprint density at radius 1 is 1.08 bits per heavy atom. The maximum absolute atomic E-state index is 12.0. The van der Waals surface area contributed by atoms with Gasteiger partial charge in [0.05, 0.1) is 6.21 Å². The summed E-state index contributed by atoms with van der Waals surface area (Å²) in [5, 5.41) is 3.99. The lowest BCUT2D eigenvalue weighted by Gasteiger charge is -2.29. The van der Waals surface area contributed by atoms with Crippen LogP contribution < -0.4 is 15.2 Å². The Bertz CT molecular complexity index is 681. The van der Waals surface area contributed by atoms with Crippen molar-refractivity contribution in [3.63, 3.8) is 0 Å². The zero-order valence-corrected chi connectivity index (χ0v) is 14.3. The molecule has 2 aromatic rings. The fourth-order valence-electron chi connectivity index (χ4n) is 3.09. The molecule has 1 fully saturated rings. The van der Waals surface area contributed by atoms with Gasteiger partial charge in [0.15, 0.2) is 6.54 Å². The van der Waals surface area contributed by atoms with E-state index >= 15 is 0 Å². The van der Waals surface area contributed by atoms with Crippen molar-refractivity contribution >= 4 is 12.1 Å². The summed E-state index contributed by atoms with van der Waals surface area (Å²) in [7, 11) is 0. The van der Waals surface area contributed by atoms with E-state index in [0.717, 1.165) is 38.3 Å². The molecule has 25 heavy (non-hydrogen) atoms. The van der Waals surface area contributed by atoms with Crippen LogP contribution in [0.25, 0.3) is 0 Å². The average Bonchev–Trinajstić information content (AvgIpc) is 2.65. The molecule has 130 valence electrons. The minimum absolute atomic E-state index is 0.0401. The number of hydrazone groups is 1. The summed E-state index contributed by atoms with van der Waals surface area (Å²) < 4.78 is 0. The first kappa shape index (κ1) is 17.3. The largest absolute Gasteiger partial charge is 0.322 e. The number of nitrogens with zero attached hydrogens (tertiary/aromatic N) is 2. The smallest absolute Gasteiger partial charge is 0.295 e. The van der Waals surface area contributed by atoms with Crippen LogP contribution in [0.1, 0.15) is 11.1 Å². The second kappa shape index (κ2) is 9.05. The van der Waals surface area contributed by atoms with Gasteiger partial charge in [-0.05, 0) is 6.07 Å². The molecule has 1 aromatic carbocycles. The van der Waals surface area contributed by atoms with Gasteiger partial charge >= 0.3 is 0 Å².